The second-order valence-corrected chi connectivity index (χ2v) is 16.4. The minimum absolute atomic E-state index is 0.0661. The van der Waals surface area contributed by atoms with Gasteiger partial charge in [-0.05, 0) is 89.9 Å². The maximum atomic E-state index is 12.1. The average Bonchev–Trinajstić information content (AvgIpc) is 3.22. The van der Waals surface area contributed by atoms with E-state index in [-0.39, 0.29) is 32.1 Å². The fourth-order valence-electron chi connectivity index (χ4n) is 5.85. The van der Waals surface area contributed by atoms with Crippen molar-refractivity contribution >= 4 is 19.7 Å². The van der Waals surface area contributed by atoms with Crippen LogP contribution in [0.5, 0.6) is 0 Å². The van der Waals surface area contributed by atoms with Gasteiger partial charge in [-0.1, -0.05) is 163 Å². The van der Waals surface area contributed by atoms with Crippen molar-refractivity contribution in [2.75, 3.05) is 26.4 Å². The van der Waals surface area contributed by atoms with Crippen molar-refractivity contribution in [2.24, 2.45) is 0 Å². The first kappa shape index (κ1) is 56.2. The van der Waals surface area contributed by atoms with E-state index in [1.165, 1.54) is 44.9 Å². The number of esters is 1. The summed E-state index contributed by atoms with van der Waals surface area (Å²) >= 11 is 0. The van der Waals surface area contributed by atoms with E-state index in [9.17, 15) is 24.2 Å². The van der Waals surface area contributed by atoms with Gasteiger partial charge in [0.05, 0.1) is 13.2 Å². The van der Waals surface area contributed by atoms with Crippen molar-refractivity contribution in [3.8, 4) is 0 Å². The molecule has 0 aliphatic carbocycles. The molecule has 1 amide bonds. The maximum Gasteiger partial charge on any atom is 0.472 e. The maximum absolute atomic E-state index is 12.1. The Labute approximate surface area is 360 Å². The number of carbonyl (C=O) groups is 2. The van der Waals surface area contributed by atoms with Crippen LogP contribution in [0, 0.1) is 0 Å². The molecule has 0 aromatic heterocycles. The lowest BCUT2D eigenvalue weighted by atomic mass is 10.1. The lowest BCUT2D eigenvalue weighted by Crippen LogP contribution is -2.27. The summed E-state index contributed by atoms with van der Waals surface area (Å²) in [4.78, 5) is 34.0. The van der Waals surface area contributed by atoms with Crippen LogP contribution in [0.25, 0.3) is 0 Å². The predicted molar refractivity (Wildman–Crippen MR) is 247 cm³/mol. The smallest absolute Gasteiger partial charge is 0.463 e. The number of hydrogen-bond acceptors (Lipinski definition) is 7. The monoisotopic (exact) mass is 846 g/mol. The highest BCUT2D eigenvalue weighted by Crippen LogP contribution is 2.42. The highest BCUT2D eigenvalue weighted by atomic mass is 31.2. The molecule has 9 nitrogen and oxygen atoms in total. The summed E-state index contributed by atoms with van der Waals surface area (Å²) in [5.74, 6) is -0.550. The lowest BCUT2D eigenvalue weighted by Gasteiger charge is -2.15. The van der Waals surface area contributed by atoms with Gasteiger partial charge in [-0.25, -0.2) is 4.57 Å². The Morgan fingerprint density at radius 1 is 0.542 bits per heavy atom. The number of aliphatic hydroxyl groups is 1. The van der Waals surface area contributed by atoms with Gasteiger partial charge in [0.25, 0.3) is 0 Å². The van der Waals surface area contributed by atoms with E-state index in [4.69, 9.17) is 13.8 Å². The summed E-state index contributed by atoms with van der Waals surface area (Å²) in [6, 6.07) is 0. The molecule has 0 radical (unpaired) electrons. The number of phosphoric ester groups is 1. The number of unbranched alkanes of at least 4 members (excludes halogenated alkanes) is 15. The van der Waals surface area contributed by atoms with E-state index in [1.54, 1.807) is 0 Å². The molecular weight excluding hydrogens is 762 g/mol. The van der Waals surface area contributed by atoms with E-state index in [0.717, 1.165) is 109 Å². The van der Waals surface area contributed by atoms with Crippen LogP contribution in [0.2, 0.25) is 0 Å². The quantitative estimate of drug-likeness (QED) is 0.0240. The van der Waals surface area contributed by atoms with Crippen LogP contribution < -0.4 is 5.32 Å². The SMILES string of the molecule is CC/C=C\C/C=C\C/C=C\CCCCCCCC(=O)NCCOP(=O)(O)OCC(O)COC(=O)CCCCCCCCC/C=C\C/C=C\C/C=C\C/C=C\CCCCC. The molecule has 0 saturated carbocycles. The third-order valence-electron chi connectivity index (χ3n) is 9.31. The topological polar surface area (TPSA) is 131 Å². The molecule has 0 saturated heterocycles. The van der Waals surface area contributed by atoms with Crippen molar-refractivity contribution in [3.63, 3.8) is 0 Å². The number of amides is 1. The fraction of sp³-hybridized carbons (Fsp3) is 0.673. The van der Waals surface area contributed by atoms with Crippen molar-refractivity contribution in [2.45, 2.75) is 187 Å². The van der Waals surface area contributed by atoms with Gasteiger partial charge in [0.2, 0.25) is 5.91 Å². The minimum atomic E-state index is -4.43. The average molecular weight is 846 g/mol. The summed E-state index contributed by atoms with van der Waals surface area (Å²) in [6.07, 6.45) is 56.5. The Morgan fingerprint density at radius 3 is 1.46 bits per heavy atom. The molecule has 0 heterocycles. The van der Waals surface area contributed by atoms with Crippen LogP contribution in [-0.4, -0.2) is 54.3 Å². The van der Waals surface area contributed by atoms with Crippen molar-refractivity contribution in [3.05, 3.63) is 85.1 Å². The van der Waals surface area contributed by atoms with Crippen LogP contribution in [0.1, 0.15) is 181 Å². The number of carbonyl (C=O) groups excluding carboxylic acids is 2. The van der Waals surface area contributed by atoms with Crippen LogP contribution in [-0.2, 0) is 27.9 Å². The fourth-order valence-corrected chi connectivity index (χ4v) is 6.60. The van der Waals surface area contributed by atoms with E-state index in [0.29, 0.717) is 6.42 Å². The normalized spacial score (nSPS) is 14.0. The molecule has 0 aromatic carbocycles. The number of rotatable bonds is 42. The van der Waals surface area contributed by atoms with Gasteiger partial charge >= 0.3 is 13.8 Å². The molecule has 0 fully saturated rings. The highest BCUT2D eigenvalue weighted by molar-refractivity contribution is 7.47. The predicted octanol–water partition coefficient (Wildman–Crippen LogP) is 13.2. The third kappa shape index (κ3) is 46.1. The molecule has 2 atom stereocenters. The van der Waals surface area contributed by atoms with Gasteiger partial charge in [0, 0.05) is 19.4 Å². The Kier molecular flexibility index (Phi) is 42.6. The molecule has 59 heavy (non-hydrogen) atoms. The molecule has 0 spiro atoms. The number of phosphoric acid groups is 1. The Hall–Kier alpha value is -2.81. The Bertz CT molecular complexity index is 1240. The van der Waals surface area contributed by atoms with Crippen molar-refractivity contribution < 1.29 is 37.9 Å². The zero-order valence-corrected chi connectivity index (χ0v) is 38.1. The van der Waals surface area contributed by atoms with E-state index in [1.807, 2.05) is 0 Å². The number of nitrogens with one attached hydrogen (secondary N) is 1. The summed E-state index contributed by atoms with van der Waals surface area (Å²) in [5, 5.41) is 12.7. The van der Waals surface area contributed by atoms with E-state index in [2.05, 4.69) is 104 Å². The second-order valence-electron chi connectivity index (χ2n) is 15.0. The van der Waals surface area contributed by atoms with Gasteiger partial charge in [-0.3, -0.25) is 18.6 Å². The number of ether oxygens (including phenoxy) is 1. The van der Waals surface area contributed by atoms with Crippen LogP contribution in [0.4, 0.5) is 0 Å². The van der Waals surface area contributed by atoms with E-state index < -0.39 is 26.5 Å². The van der Waals surface area contributed by atoms with Crippen molar-refractivity contribution in [1.82, 2.24) is 5.32 Å². The molecule has 0 aliphatic rings. The molecule has 0 aliphatic heterocycles. The molecule has 10 heteroatoms. The number of allylic oxidation sites excluding steroid dienone is 14. The second kappa shape index (κ2) is 44.7. The Morgan fingerprint density at radius 2 is 0.966 bits per heavy atom. The van der Waals surface area contributed by atoms with Crippen molar-refractivity contribution in [1.29, 1.82) is 0 Å². The molecular formula is C49H84NO8P. The molecule has 0 bridgehead atoms. The molecule has 3 N–H and O–H groups in total. The van der Waals surface area contributed by atoms with Gasteiger partial charge in [-0.15, -0.1) is 0 Å². The largest absolute Gasteiger partial charge is 0.472 e. The molecule has 0 aromatic rings. The molecule has 338 valence electrons. The molecule has 0 rings (SSSR count). The van der Waals surface area contributed by atoms with Crippen LogP contribution in [0.15, 0.2) is 85.1 Å². The molecule has 2 unspecified atom stereocenters. The van der Waals surface area contributed by atoms with Gasteiger partial charge in [-0.2, -0.15) is 0 Å². The standard InChI is InChI=1S/C49H84NO8P/c1-3-5-7-9-11-13-15-17-19-20-21-22-23-24-25-26-28-30-32-34-36-38-40-42-49(53)56-45-47(51)46-58-59(54,55)57-44-43-50-48(52)41-39-37-35-33-31-29-27-18-16-14-12-10-8-6-4-2/h6,8,11-14,17-19,21-22,24-25,27,47,51H,3-5,7,9-10,15-16,20,23,26,28-46H2,1-2H3,(H,50,52)(H,54,55)/b8-6-,13-11-,14-12-,19-17-,22-21-,25-24-,27-18-. The number of aliphatic hydroxyl groups excluding tert-OH is 1. The summed E-state index contributed by atoms with van der Waals surface area (Å²) < 4.78 is 26.9. The number of hydrogen-bond donors (Lipinski definition) is 3. The van der Waals surface area contributed by atoms with Crippen LogP contribution >= 0.6 is 7.82 Å². The van der Waals surface area contributed by atoms with Crippen LogP contribution in [0.3, 0.4) is 0 Å². The van der Waals surface area contributed by atoms with Gasteiger partial charge in [0.1, 0.15) is 12.7 Å². The zero-order valence-electron chi connectivity index (χ0n) is 37.2. The van der Waals surface area contributed by atoms with Gasteiger partial charge in [0.15, 0.2) is 0 Å². The summed E-state index contributed by atoms with van der Waals surface area (Å²) in [6.45, 7) is 3.37. The summed E-state index contributed by atoms with van der Waals surface area (Å²) in [5.41, 5.74) is 0. The minimum Gasteiger partial charge on any atom is -0.463 e. The highest BCUT2D eigenvalue weighted by Gasteiger charge is 2.23. The summed E-state index contributed by atoms with van der Waals surface area (Å²) in [7, 11) is -4.43. The Balaban J connectivity index is 3.65. The van der Waals surface area contributed by atoms with Gasteiger partial charge < -0.3 is 20.1 Å². The first-order chi connectivity index (χ1) is 28.8. The zero-order chi connectivity index (χ0) is 43.2. The third-order valence-corrected chi connectivity index (χ3v) is 10.3. The van der Waals surface area contributed by atoms with E-state index >= 15 is 0 Å². The first-order valence-electron chi connectivity index (χ1n) is 23.1. The lowest BCUT2D eigenvalue weighted by molar-refractivity contribution is -0.147. The first-order valence-corrected chi connectivity index (χ1v) is 24.6.